The van der Waals surface area contributed by atoms with Gasteiger partial charge in [0.05, 0.1) is 18.2 Å². The molecule has 1 heterocycles. The highest BCUT2D eigenvalue weighted by molar-refractivity contribution is 5.86. The molecule has 2 aromatic carbocycles. The number of aromatic hydroxyl groups is 1. The van der Waals surface area contributed by atoms with Crippen molar-refractivity contribution in [3.63, 3.8) is 0 Å². The number of hydrogen-bond donors (Lipinski definition) is 1. The molecular weight excluding hydrogens is 276 g/mol. The molecule has 0 spiro atoms. The van der Waals surface area contributed by atoms with Crippen molar-refractivity contribution in [2.75, 3.05) is 6.61 Å². The van der Waals surface area contributed by atoms with Crippen molar-refractivity contribution < 1.29 is 14.3 Å². The van der Waals surface area contributed by atoms with E-state index in [1.165, 1.54) is 5.56 Å². The van der Waals surface area contributed by atoms with E-state index in [0.717, 1.165) is 34.5 Å². The number of ether oxygens (including phenoxy) is 1. The second kappa shape index (κ2) is 6.06. The van der Waals surface area contributed by atoms with Crippen molar-refractivity contribution in [3.05, 3.63) is 54.1 Å². The highest BCUT2D eigenvalue weighted by atomic mass is 16.5. The zero-order valence-corrected chi connectivity index (χ0v) is 12.8. The lowest BCUT2D eigenvalue weighted by Gasteiger charge is -2.05. The summed E-state index contributed by atoms with van der Waals surface area (Å²) in [5, 5.41) is 10.4. The number of benzene rings is 2. The predicted octanol–water partition coefficient (Wildman–Crippen LogP) is 5.05. The summed E-state index contributed by atoms with van der Waals surface area (Å²) in [6, 6.07) is 15.0. The van der Waals surface area contributed by atoms with Gasteiger partial charge in [0.15, 0.2) is 0 Å². The first-order valence-corrected chi connectivity index (χ1v) is 7.53. The van der Waals surface area contributed by atoms with Crippen LogP contribution in [0, 0.1) is 0 Å². The third-order valence-corrected chi connectivity index (χ3v) is 3.65. The van der Waals surface area contributed by atoms with Crippen LogP contribution in [0.25, 0.3) is 22.3 Å². The van der Waals surface area contributed by atoms with Crippen molar-refractivity contribution in [3.8, 4) is 22.8 Å². The molecule has 0 fully saturated rings. The van der Waals surface area contributed by atoms with Crippen molar-refractivity contribution in [1.29, 1.82) is 0 Å². The summed E-state index contributed by atoms with van der Waals surface area (Å²) in [4.78, 5) is 0. The van der Waals surface area contributed by atoms with Crippen LogP contribution in [0.1, 0.15) is 19.4 Å². The number of hydrogen-bond acceptors (Lipinski definition) is 2. The second-order valence-corrected chi connectivity index (χ2v) is 5.14. The lowest BCUT2D eigenvalue weighted by Crippen LogP contribution is -1.94. The molecule has 0 aliphatic rings. The number of phenols is 1. The van der Waals surface area contributed by atoms with E-state index in [9.17, 15) is 5.11 Å². The van der Waals surface area contributed by atoms with Crippen molar-refractivity contribution in [2.24, 2.45) is 0 Å². The van der Waals surface area contributed by atoms with Crippen LogP contribution in [0.2, 0.25) is 0 Å². The first-order chi connectivity index (χ1) is 10.7. The van der Waals surface area contributed by atoms with Crippen LogP contribution in [0.3, 0.4) is 0 Å². The molecule has 0 radical (unpaired) electrons. The molecule has 3 heteroatoms. The average molecular weight is 295 g/mol. The number of aryl methyl sites for hydroxylation is 1. The minimum atomic E-state index is 0.238. The number of phenolic OH excluding ortho intramolecular Hbond substituents is 1. The Morgan fingerprint density at radius 3 is 2.45 bits per heavy atom. The fraction of sp³-hybridized carbons (Fsp3) is 0.211. The van der Waals surface area contributed by atoms with Crippen LogP contribution < -0.4 is 4.74 Å². The molecule has 3 aromatic rings. The molecule has 112 valence electrons. The Morgan fingerprint density at radius 1 is 1.00 bits per heavy atom. The maximum absolute atomic E-state index is 9.42. The molecule has 3 nitrogen and oxygen atoms in total. The molecule has 0 aliphatic carbocycles. The summed E-state index contributed by atoms with van der Waals surface area (Å²) >= 11 is 0. The van der Waals surface area contributed by atoms with Gasteiger partial charge in [-0.3, -0.25) is 0 Å². The van der Waals surface area contributed by atoms with Crippen LogP contribution in [-0.4, -0.2) is 11.7 Å². The summed E-state index contributed by atoms with van der Waals surface area (Å²) in [6.45, 7) is 4.70. The Bertz CT molecular complexity index is 792. The van der Waals surface area contributed by atoms with Gasteiger partial charge in [0.2, 0.25) is 0 Å². The minimum Gasteiger partial charge on any atom is -0.508 e. The first-order valence-electron chi connectivity index (χ1n) is 7.53. The fourth-order valence-electron chi connectivity index (χ4n) is 2.47. The molecule has 0 saturated carbocycles. The fourth-order valence-corrected chi connectivity index (χ4v) is 2.47. The highest BCUT2D eigenvalue weighted by Crippen LogP contribution is 2.34. The lowest BCUT2D eigenvalue weighted by atomic mass is 10.1. The maximum Gasteiger partial charge on any atom is 0.364 e. The third-order valence-electron chi connectivity index (χ3n) is 3.65. The second-order valence-electron chi connectivity index (χ2n) is 5.14. The lowest BCUT2D eigenvalue weighted by molar-refractivity contribution is 0.342. The molecule has 3 rings (SSSR count). The van der Waals surface area contributed by atoms with E-state index in [1.54, 1.807) is 12.1 Å². The van der Waals surface area contributed by atoms with Crippen LogP contribution in [0.5, 0.6) is 11.5 Å². The standard InChI is InChI=1S/C19H18O3/c1-3-13-5-10-17-16(11-13)19(21-4-2)12-18(22-17)14-6-8-15(20)9-7-14/h5-12H,3-4H2,1-2H3/p+1. The zero-order chi connectivity index (χ0) is 15.5. The average Bonchev–Trinajstić information content (AvgIpc) is 2.55. The molecule has 22 heavy (non-hydrogen) atoms. The molecule has 1 aromatic heterocycles. The van der Waals surface area contributed by atoms with E-state index in [-0.39, 0.29) is 5.75 Å². The molecule has 0 aliphatic heterocycles. The van der Waals surface area contributed by atoms with Crippen molar-refractivity contribution in [1.82, 2.24) is 0 Å². The maximum atomic E-state index is 9.42. The number of rotatable bonds is 4. The van der Waals surface area contributed by atoms with E-state index in [2.05, 4.69) is 19.1 Å². The Labute approximate surface area is 129 Å². The van der Waals surface area contributed by atoms with Gasteiger partial charge in [0.25, 0.3) is 0 Å². The Balaban J connectivity index is 2.18. The molecule has 1 N–H and O–H groups in total. The SMILES string of the molecule is CCOc1cc(-c2ccc(O)cc2)[o+]c2ccc(CC)cc12. The zero-order valence-electron chi connectivity index (χ0n) is 12.8. The summed E-state index contributed by atoms with van der Waals surface area (Å²) in [6.07, 6.45) is 0.973. The first kappa shape index (κ1) is 14.4. The van der Waals surface area contributed by atoms with Gasteiger partial charge in [-0.25, -0.2) is 4.42 Å². The Morgan fingerprint density at radius 2 is 1.77 bits per heavy atom. The smallest absolute Gasteiger partial charge is 0.364 e. The quantitative estimate of drug-likeness (QED) is 0.685. The number of fused-ring (bicyclic) bond motifs is 1. The van der Waals surface area contributed by atoms with E-state index in [4.69, 9.17) is 9.15 Å². The van der Waals surface area contributed by atoms with Gasteiger partial charge in [-0.05, 0) is 55.3 Å². The van der Waals surface area contributed by atoms with Crippen LogP contribution in [0.15, 0.2) is 52.9 Å². The third kappa shape index (κ3) is 2.75. The van der Waals surface area contributed by atoms with Crippen LogP contribution in [0.4, 0.5) is 0 Å². The molecule has 0 bridgehead atoms. The summed E-state index contributed by atoms with van der Waals surface area (Å²) < 4.78 is 11.8. The van der Waals surface area contributed by atoms with E-state index in [1.807, 2.05) is 31.2 Å². The van der Waals surface area contributed by atoms with E-state index >= 15 is 0 Å². The molecule has 0 amide bonds. The van der Waals surface area contributed by atoms with Gasteiger partial charge >= 0.3 is 11.3 Å². The van der Waals surface area contributed by atoms with Crippen molar-refractivity contribution in [2.45, 2.75) is 20.3 Å². The summed E-state index contributed by atoms with van der Waals surface area (Å²) in [7, 11) is 0. The van der Waals surface area contributed by atoms with Gasteiger partial charge in [0, 0.05) is 6.07 Å². The molecule has 0 atom stereocenters. The van der Waals surface area contributed by atoms with Crippen molar-refractivity contribution >= 4 is 11.0 Å². The summed E-state index contributed by atoms with van der Waals surface area (Å²) in [5.41, 5.74) is 2.95. The van der Waals surface area contributed by atoms with Gasteiger partial charge in [-0.15, -0.1) is 0 Å². The van der Waals surface area contributed by atoms with E-state index in [0.29, 0.717) is 6.61 Å². The van der Waals surface area contributed by atoms with Crippen LogP contribution >= 0.6 is 0 Å². The molecular formula is C19H19O3+. The van der Waals surface area contributed by atoms with E-state index < -0.39 is 0 Å². The normalized spacial score (nSPS) is 10.8. The highest BCUT2D eigenvalue weighted by Gasteiger charge is 2.20. The van der Waals surface area contributed by atoms with Gasteiger partial charge < -0.3 is 9.84 Å². The van der Waals surface area contributed by atoms with Crippen LogP contribution in [-0.2, 0) is 6.42 Å². The Kier molecular flexibility index (Phi) is 3.96. The monoisotopic (exact) mass is 295 g/mol. The summed E-state index contributed by atoms with van der Waals surface area (Å²) in [5.74, 6) is 1.78. The largest absolute Gasteiger partial charge is 0.508 e. The van der Waals surface area contributed by atoms with Gasteiger partial charge in [-0.1, -0.05) is 6.92 Å². The Hall–Kier alpha value is -2.55. The molecule has 0 unspecified atom stereocenters. The predicted molar refractivity (Wildman–Crippen MR) is 88.3 cm³/mol. The molecule has 0 saturated heterocycles. The van der Waals surface area contributed by atoms with Gasteiger partial charge in [-0.2, -0.15) is 0 Å². The topological polar surface area (TPSA) is 40.8 Å². The minimum absolute atomic E-state index is 0.238. The van der Waals surface area contributed by atoms with Gasteiger partial charge in [0.1, 0.15) is 16.9 Å².